The molecule has 0 aliphatic rings. The third-order valence-corrected chi connectivity index (χ3v) is 1.65. The maximum absolute atomic E-state index is 12.9. The lowest BCUT2D eigenvalue weighted by atomic mass is 10.1. The maximum atomic E-state index is 12.9. The summed E-state index contributed by atoms with van der Waals surface area (Å²) in [6.07, 6.45) is 0. The number of nitriles is 1. The minimum absolute atomic E-state index is 0.831. The summed E-state index contributed by atoms with van der Waals surface area (Å²) in [5.74, 6) is -10.6. The van der Waals surface area contributed by atoms with E-state index < -0.39 is 40.2 Å². The monoisotopic (exact) mass is 219 g/mol. The Labute approximate surface area is 81.1 Å². The molecular weight excluding hydrogens is 217 g/mol. The van der Waals surface area contributed by atoms with Crippen LogP contribution in [0.15, 0.2) is 6.58 Å². The minimum atomic E-state index is -2.26. The van der Waals surface area contributed by atoms with E-state index in [0.29, 0.717) is 0 Å². The molecule has 0 fully saturated rings. The number of allylic oxidation sites excluding steroid dienone is 1. The molecule has 0 radical (unpaired) electrons. The van der Waals surface area contributed by atoms with Crippen molar-refractivity contribution in [1.82, 2.24) is 0 Å². The van der Waals surface area contributed by atoms with E-state index in [2.05, 4.69) is 6.58 Å². The molecule has 0 amide bonds. The zero-order valence-electron chi connectivity index (χ0n) is 7.04. The molecule has 15 heavy (non-hydrogen) atoms. The van der Waals surface area contributed by atoms with Crippen LogP contribution in [0.1, 0.15) is 5.56 Å². The van der Waals surface area contributed by atoms with E-state index in [9.17, 15) is 22.0 Å². The van der Waals surface area contributed by atoms with Crippen molar-refractivity contribution in [2.45, 2.75) is 0 Å². The standard InChI is InChI=1S/C9H2F5N/c1-3(2-15)4-5(10)7(12)9(14)8(13)6(4)11/h1H2. The van der Waals surface area contributed by atoms with Gasteiger partial charge >= 0.3 is 0 Å². The summed E-state index contributed by atoms with van der Waals surface area (Å²) >= 11 is 0. The highest BCUT2D eigenvalue weighted by Gasteiger charge is 2.26. The first-order valence-corrected chi connectivity index (χ1v) is 3.52. The molecule has 1 aromatic rings. The number of hydrogen-bond acceptors (Lipinski definition) is 1. The number of benzene rings is 1. The average Bonchev–Trinajstić information content (AvgIpc) is 2.23. The van der Waals surface area contributed by atoms with Gasteiger partial charge in [0.2, 0.25) is 5.82 Å². The summed E-state index contributed by atoms with van der Waals surface area (Å²) in [7, 11) is 0. The van der Waals surface area contributed by atoms with Crippen LogP contribution in [0.4, 0.5) is 22.0 Å². The second-order valence-electron chi connectivity index (χ2n) is 2.54. The number of rotatable bonds is 1. The van der Waals surface area contributed by atoms with Crippen LogP contribution in [0.5, 0.6) is 0 Å². The predicted octanol–water partition coefficient (Wildman–Crippen LogP) is 2.92. The van der Waals surface area contributed by atoms with Crippen LogP contribution in [0, 0.1) is 40.4 Å². The summed E-state index contributed by atoms with van der Waals surface area (Å²) < 4.78 is 63.5. The van der Waals surface area contributed by atoms with Gasteiger partial charge in [-0.3, -0.25) is 0 Å². The van der Waals surface area contributed by atoms with Crippen molar-refractivity contribution in [2.75, 3.05) is 0 Å². The Morgan fingerprint density at radius 3 is 1.53 bits per heavy atom. The van der Waals surface area contributed by atoms with Crippen molar-refractivity contribution in [2.24, 2.45) is 0 Å². The summed E-state index contributed by atoms with van der Waals surface area (Å²) in [4.78, 5) is 0. The molecule has 0 spiro atoms. The Bertz CT molecular complexity index is 457. The van der Waals surface area contributed by atoms with E-state index in [1.165, 1.54) is 6.07 Å². The zero-order chi connectivity index (χ0) is 11.7. The van der Waals surface area contributed by atoms with Gasteiger partial charge in [0.25, 0.3) is 0 Å². The van der Waals surface area contributed by atoms with Crippen molar-refractivity contribution >= 4 is 5.57 Å². The van der Waals surface area contributed by atoms with Gasteiger partial charge < -0.3 is 0 Å². The normalized spacial score (nSPS) is 9.87. The fraction of sp³-hybridized carbons (Fsp3) is 0. The predicted molar refractivity (Wildman–Crippen MR) is 40.9 cm³/mol. The fourth-order valence-corrected chi connectivity index (χ4v) is 0.926. The van der Waals surface area contributed by atoms with Gasteiger partial charge in [-0.15, -0.1) is 0 Å². The summed E-state index contributed by atoms with van der Waals surface area (Å²) in [6, 6.07) is 1.21. The van der Waals surface area contributed by atoms with Crippen molar-refractivity contribution in [3.63, 3.8) is 0 Å². The summed E-state index contributed by atoms with van der Waals surface area (Å²) in [6.45, 7) is 2.88. The highest BCUT2D eigenvalue weighted by molar-refractivity contribution is 5.75. The van der Waals surface area contributed by atoms with Crippen LogP contribution in [-0.4, -0.2) is 0 Å². The molecule has 0 saturated heterocycles. The van der Waals surface area contributed by atoms with Crippen LogP contribution < -0.4 is 0 Å². The first-order valence-electron chi connectivity index (χ1n) is 3.52. The molecule has 1 aromatic carbocycles. The number of halogens is 5. The molecule has 0 saturated carbocycles. The molecule has 0 atom stereocenters. The third kappa shape index (κ3) is 1.56. The highest BCUT2D eigenvalue weighted by atomic mass is 19.2. The molecule has 0 aliphatic carbocycles. The van der Waals surface area contributed by atoms with Gasteiger partial charge in [-0.2, -0.15) is 5.26 Å². The van der Waals surface area contributed by atoms with Crippen molar-refractivity contribution < 1.29 is 22.0 Å². The first-order chi connectivity index (χ1) is 6.91. The molecular formula is C9H2F5N. The van der Waals surface area contributed by atoms with Crippen LogP contribution in [0.2, 0.25) is 0 Å². The zero-order valence-corrected chi connectivity index (χ0v) is 7.04. The van der Waals surface area contributed by atoms with E-state index in [1.54, 1.807) is 0 Å². The second kappa shape index (κ2) is 3.69. The molecule has 0 heterocycles. The Morgan fingerprint density at radius 1 is 0.867 bits per heavy atom. The topological polar surface area (TPSA) is 23.8 Å². The van der Waals surface area contributed by atoms with Crippen LogP contribution in [-0.2, 0) is 0 Å². The van der Waals surface area contributed by atoms with Crippen molar-refractivity contribution in [3.8, 4) is 6.07 Å². The van der Waals surface area contributed by atoms with Crippen LogP contribution in [0.3, 0.4) is 0 Å². The molecule has 0 N–H and O–H groups in total. The lowest BCUT2D eigenvalue weighted by Gasteiger charge is -2.05. The molecule has 0 unspecified atom stereocenters. The maximum Gasteiger partial charge on any atom is 0.200 e. The third-order valence-electron chi connectivity index (χ3n) is 1.65. The number of hydrogen-bond donors (Lipinski definition) is 0. The van der Waals surface area contributed by atoms with E-state index in [-0.39, 0.29) is 0 Å². The molecule has 6 heteroatoms. The highest BCUT2D eigenvalue weighted by Crippen LogP contribution is 2.27. The average molecular weight is 219 g/mol. The molecule has 1 rings (SSSR count). The van der Waals surface area contributed by atoms with E-state index in [1.807, 2.05) is 0 Å². The van der Waals surface area contributed by atoms with Gasteiger partial charge in [-0.1, -0.05) is 6.58 Å². The van der Waals surface area contributed by atoms with E-state index in [4.69, 9.17) is 5.26 Å². The smallest absolute Gasteiger partial charge is 0.200 e. The van der Waals surface area contributed by atoms with E-state index in [0.717, 1.165) is 0 Å². The Balaban J connectivity index is 3.69. The molecule has 0 aromatic heterocycles. The Hall–Kier alpha value is -1.90. The molecule has 1 nitrogen and oxygen atoms in total. The van der Waals surface area contributed by atoms with Gasteiger partial charge in [-0.05, 0) is 0 Å². The lowest BCUT2D eigenvalue weighted by molar-refractivity contribution is 0.376. The van der Waals surface area contributed by atoms with Gasteiger partial charge in [0.15, 0.2) is 23.3 Å². The Kier molecular flexibility index (Phi) is 2.75. The summed E-state index contributed by atoms with van der Waals surface area (Å²) in [5, 5.41) is 8.27. The van der Waals surface area contributed by atoms with E-state index >= 15 is 0 Å². The van der Waals surface area contributed by atoms with Gasteiger partial charge in [0.1, 0.15) is 0 Å². The molecule has 78 valence electrons. The van der Waals surface area contributed by atoms with Crippen molar-refractivity contribution in [1.29, 1.82) is 5.26 Å². The quantitative estimate of drug-likeness (QED) is 0.308. The largest absolute Gasteiger partial charge is 0.203 e. The molecule has 0 bridgehead atoms. The minimum Gasteiger partial charge on any atom is -0.203 e. The van der Waals surface area contributed by atoms with Gasteiger partial charge in [0, 0.05) is 0 Å². The fourth-order valence-electron chi connectivity index (χ4n) is 0.926. The SMILES string of the molecule is C=C(C#N)c1c(F)c(F)c(F)c(F)c1F. The van der Waals surface area contributed by atoms with Crippen molar-refractivity contribution in [3.05, 3.63) is 41.2 Å². The van der Waals surface area contributed by atoms with Gasteiger partial charge in [0.05, 0.1) is 17.2 Å². The molecule has 0 aliphatic heterocycles. The van der Waals surface area contributed by atoms with Crippen LogP contribution >= 0.6 is 0 Å². The first kappa shape index (κ1) is 11.2. The van der Waals surface area contributed by atoms with Crippen LogP contribution in [0.25, 0.3) is 5.57 Å². The second-order valence-corrected chi connectivity index (χ2v) is 2.54. The summed E-state index contributed by atoms with van der Waals surface area (Å²) in [5.41, 5.74) is -2.13. The number of nitrogens with zero attached hydrogens (tertiary/aromatic N) is 1. The lowest BCUT2D eigenvalue weighted by Crippen LogP contribution is -2.05. The van der Waals surface area contributed by atoms with Gasteiger partial charge in [-0.25, -0.2) is 22.0 Å². The Morgan fingerprint density at radius 2 is 1.20 bits per heavy atom.